The molecule has 2 nitrogen and oxygen atoms in total. The van der Waals surface area contributed by atoms with Crippen LogP contribution in [0.3, 0.4) is 0 Å². The van der Waals surface area contributed by atoms with Crippen molar-refractivity contribution >= 4 is 5.57 Å². The van der Waals surface area contributed by atoms with Crippen molar-refractivity contribution in [1.82, 2.24) is 10.4 Å². The molecule has 18 heavy (non-hydrogen) atoms. The van der Waals surface area contributed by atoms with Gasteiger partial charge in [-0.2, -0.15) is 0 Å². The quantitative estimate of drug-likeness (QED) is 0.872. The van der Waals surface area contributed by atoms with Gasteiger partial charge in [-0.05, 0) is 37.8 Å². The Morgan fingerprint density at radius 3 is 2.44 bits per heavy atom. The van der Waals surface area contributed by atoms with Gasteiger partial charge in [0.15, 0.2) is 0 Å². The standard InChI is InChI=1S/C16H24N2/c1-13(16-10-5-4-6-11-16)12-17-18-14(2)8-7-9-15(18)3/h4-6,10-11,14-15,17H,1,7-9,12H2,2-3H3. The molecule has 2 atom stereocenters. The van der Waals surface area contributed by atoms with Crippen molar-refractivity contribution in [2.45, 2.75) is 45.2 Å². The summed E-state index contributed by atoms with van der Waals surface area (Å²) in [6.07, 6.45) is 3.92. The molecule has 1 fully saturated rings. The lowest BCUT2D eigenvalue weighted by atomic mass is 10.00. The van der Waals surface area contributed by atoms with Crippen molar-refractivity contribution in [3.05, 3.63) is 42.5 Å². The molecule has 0 amide bonds. The van der Waals surface area contributed by atoms with Crippen LogP contribution < -0.4 is 5.43 Å². The average Bonchev–Trinajstić information content (AvgIpc) is 2.39. The van der Waals surface area contributed by atoms with E-state index in [0.717, 1.165) is 12.1 Å². The van der Waals surface area contributed by atoms with Gasteiger partial charge in [-0.15, -0.1) is 0 Å². The van der Waals surface area contributed by atoms with Gasteiger partial charge in [0, 0.05) is 18.6 Å². The first-order valence-corrected chi connectivity index (χ1v) is 6.93. The van der Waals surface area contributed by atoms with E-state index in [9.17, 15) is 0 Å². The first-order valence-electron chi connectivity index (χ1n) is 6.93. The largest absolute Gasteiger partial charge is 0.250 e. The van der Waals surface area contributed by atoms with Gasteiger partial charge in [-0.25, -0.2) is 5.01 Å². The summed E-state index contributed by atoms with van der Waals surface area (Å²) < 4.78 is 0. The molecule has 1 N–H and O–H groups in total. The van der Waals surface area contributed by atoms with E-state index in [2.05, 4.69) is 55.1 Å². The lowest BCUT2D eigenvalue weighted by Crippen LogP contribution is -2.52. The minimum Gasteiger partial charge on any atom is -0.250 e. The summed E-state index contributed by atoms with van der Waals surface area (Å²) in [4.78, 5) is 0. The van der Waals surface area contributed by atoms with Gasteiger partial charge in [0.25, 0.3) is 0 Å². The zero-order chi connectivity index (χ0) is 13.0. The summed E-state index contributed by atoms with van der Waals surface area (Å²) in [5.74, 6) is 0. The molecule has 0 radical (unpaired) electrons. The molecule has 1 aromatic rings. The maximum atomic E-state index is 4.17. The van der Waals surface area contributed by atoms with Crippen molar-refractivity contribution < 1.29 is 0 Å². The van der Waals surface area contributed by atoms with E-state index in [0.29, 0.717) is 12.1 Å². The molecule has 1 aliphatic rings. The zero-order valence-corrected chi connectivity index (χ0v) is 11.5. The molecule has 2 unspecified atom stereocenters. The summed E-state index contributed by atoms with van der Waals surface area (Å²) in [7, 11) is 0. The van der Waals surface area contributed by atoms with Gasteiger partial charge in [0.05, 0.1) is 0 Å². The van der Waals surface area contributed by atoms with Gasteiger partial charge in [-0.1, -0.05) is 43.3 Å². The summed E-state index contributed by atoms with van der Waals surface area (Å²) in [6.45, 7) is 9.60. The number of nitrogens with one attached hydrogen (secondary N) is 1. The van der Waals surface area contributed by atoms with Crippen LogP contribution in [0, 0.1) is 0 Å². The molecule has 0 spiro atoms. The lowest BCUT2D eigenvalue weighted by molar-refractivity contribution is 0.0522. The molecule has 1 aromatic carbocycles. The predicted molar refractivity (Wildman–Crippen MR) is 78.1 cm³/mol. The van der Waals surface area contributed by atoms with Crippen LogP contribution in [0.1, 0.15) is 38.7 Å². The number of nitrogens with zero attached hydrogens (tertiary/aromatic N) is 1. The highest BCUT2D eigenvalue weighted by Gasteiger charge is 2.24. The summed E-state index contributed by atoms with van der Waals surface area (Å²) >= 11 is 0. The molecule has 98 valence electrons. The molecule has 2 heteroatoms. The van der Waals surface area contributed by atoms with Crippen molar-refractivity contribution in [3.8, 4) is 0 Å². The van der Waals surface area contributed by atoms with Crippen molar-refractivity contribution in [3.63, 3.8) is 0 Å². The number of rotatable bonds is 4. The Kier molecular flexibility index (Phi) is 4.56. The second kappa shape index (κ2) is 6.17. The molecule has 0 bridgehead atoms. The van der Waals surface area contributed by atoms with Gasteiger partial charge in [0.1, 0.15) is 0 Å². The minimum absolute atomic E-state index is 0.623. The molecule has 1 heterocycles. The Balaban J connectivity index is 1.89. The van der Waals surface area contributed by atoms with E-state index in [-0.39, 0.29) is 0 Å². The zero-order valence-electron chi connectivity index (χ0n) is 11.5. The van der Waals surface area contributed by atoms with Gasteiger partial charge < -0.3 is 0 Å². The topological polar surface area (TPSA) is 15.3 Å². The number of hydrogen-bond donors (Lipinski definition) is 1. The van der Waals surface area contributed by atoms with Crippen LogP contribution in [0.4, 0.5) is 0 Å². The molecule has 0 aromatic heterocycles. The third kappa shape index (κ3) is 3.21. The van der Waals surface area contributed by atoms with Gasteiger partial charge >= 0.3 is 0 Å². The van der Waals surface area contributed by atoms with E-state index in [1.807, 2.05) is 6.07 Å². The van der Waals surface area contributed by atoms with Gasteiger partial charge in [-0.3, -0.25) is 5.43 Å². The third-order valence-corrected chi connectivity index (χ3v) is 3.85. The highest BCUT2D eigenvalue weighted by molar-refractivity contribution is 5.64. The molecule has 2 rings (SSSR count). The Labute approximate surface area is 111 Å². The molecule has 1 saturated heterocycles. The second-order valence-corrected chi connectivity index (χ2v) is 5.34. The summed E-state index contributed by atoms with van der Waals surface area (Å²) in [5.41, 5.74) is 5.93. The van der Waals surface area contributed by atoms with E-state index < -0.39 is 0 Å². The normalized spacial score (nSPS) is 25.0. The van der Waals surface area contributed by atoms with Crippen LogP contribution in [0.5, 0.6) is 0 Å². The first kappa shape index (κ1) is 13.3. The lowest BCUT2D eigenvalue weighted by Gasteiger charge is -2.39. The first-order chi connectivity index (χ1) is 8.68. The number of hydrogen-bond acceptors (Lipinski definition) is 2. The summed E-state index contributed by atoms with van der Waals surface area (Å²) in [6, 6.07) is 11.6. The number of hydrazine groups is 1. The Bertz CT molecular complexity index is 375. The maximum absolute atomic E-state index is 4.17. The van der Waals surface area contributed by atoms with E-state index in [1.165, 1.54) is 24.8 Å². The van der Waals surface area contributed by atoms with E-state index in [1.54, 1.807) is 0 Å². The van der Waals surface area contributed by atoms with E-state index >= 15 is 0 Å². The molecule has 0 aliphatic carbocycles. The van der Waals surface area contributed by atoms with Gasteiger partial charge in [0.2, 0.25) is 0 Å². The minimum atomic E-state index is 0.623. The predicted octanol–water partition coefficient (Wildman–Crippen LogP) is 3.47. The molecular formula is C16H24N2. The smallest absolute Gasteiger partial charge is 0.0353 e. The number of benzene rings is 1. The van der Waals surface area contributed by atoms with Crippen LogP contribution in [0.25, 0.3) is 5.57 Å². The van der Waals surface area contributed by atoms with Crippen molar-refractivity contribution in [2.24, 2.45) is 0 Å². The van der Waals surface area contributed by atoms with Crippen molar-refractivity contribution in [1.29, 1.82) is 0 Å². The SMILES string of the molecule is C=C(CNN1C(C)CCCC1C)c1ccccc1. The van der Waals surface area contributed by atoms with Crippen LogP contribution in [-0.4, -0.2) is 23.6 Å². The number of piperidine rings is 1. The Morgan fingerprint density at radius 1 is 1.22 bits per heavy atom. The molecule has 1 aliphatic heterocycles. The Hall–Kier alpha value is -1.12. The highest BCUT2D eigenvalue weighted by atomic mass is 15.5. The summed E-state index contributed by atoms with van der Waals surface area (Å²) in [5, 5.41) is 2.40. The van der Waals surface area contributed by atoms with Crippen molar-refractivity contribution in [2.75, 3.05) is 6.54 Å². The monoisotopic (exact) mass is 244 g/mol. The molecular weight excluding hydrogens is 220 g/mol. The fourth-order valence-corrected chi connectivity index (χ4v) is 2.70. The highest BCUT2D eigenvalue weighted by Crippen LogP contribution is 2.20. The van der Waals surface area contributed by atoms with Crippen LogP contribution in [0.2, 0.25) is 0 Å². The Morgan fingerprint density at radius 2 is 1.83 bits per heavy atom. The molecule has 0 saturated carbocycles. The second-order valence-electron chi connectivity index (χ2n) is 5.34. The van der Waals surface area contributed by atoms with E-state index in [4.69, 9.17) is 0 Å². The fourth-order valence-electron chi connectivity index (χ4n) is 2.70. The third-order valence-electron chi connectivity index (χ3n) is 3.85. The van der Waals surface area contributed by atoms with Crippen LogP contribution in [0.15, 0.2) is 36.9 Å². The average molecular weight is 244 g/mol. The van der Waals surface area contributed by atoms with Crippen LogP contribution >= 0.6 is 0 Å². The van der Waals surface area contributed by atoms with Crippen LogP contribution in [-0.2, 0) is 0 Å². The maximum Gasteiger partial charge on any atom is 0.0353 e. The fraction of sp³-hybridized carbons (Fsp3) is 0.500.